The van der Waals surface area contributed by atoms with E-state index in [1.165, 1.54) is 32.7 Å². The molecule has 5 nitrogen and oxygen atoms in total. The Kier molecular flexibility index (Phi) is 8.49. The Hall–Kier alpha value is -3.97. The topological polar surface area (TPSA) is 70.0 Å². The molecule has 4 aromatic rings. The summed E-state index contributed by atoms with van der Waals surface area (Å²) in [4.78, 5) is 7.29. The summed E-state index contributed by atoms with van der Waals surface area (Å²) < 4.78 is 33.6. The van der Waals surface area contributed by atoms with Crippen molar-refractivity contribution in [1.29, 1.82) is 0 Å². The Labute approximate surface area is 295 Å². The van der Waals surface area contributed by atoms with Crippen LogP contribution < -0.4 is 4.90 Å². The van der Waals surface area contributed by atoms with E-state index >= 15 is 0 Å². The number of hydrogen-bond acceptors (Lipinski definition) is 4. The lowest BCUT2D eigenvalue weighted by atomic mass is 9.79. The second-order valence-corrected chi connectivity index (χ2v) is 16.9. The van der Waals surface area contributed by atoms with Gasteiger partial charge in [-0.05, 0) is 101 Å². The van der Waals surface area contributed by atoms with Crippen LogP contribution in [0.5, 0.6) is 0 Å². The van der Waals surface area contributed by atoms with Gasteiger partial charge in [-0.3, -0.25) is 9.55 Å². The minimum absolute atomic E-state index is 0.235. The Morgan fingerprint density at radius 2 is 1.51 bits per heavy atom. The molecule has 1 aliphatic carbocycles. The lowest BCUT2D eigenvalue weighted by molar-refractivity contribution is 0.466. The van der Waals surface area contributed by atoms with Crippen LogP contribution in [0.3, 0.4) is 0 Å². The first-order valence-corrected chi connectivity index (χ1v) is 19.0. The summed E-state index contributed by atoms with van der Waals surface area (Å²) in [5.41, 5.74) is 8.30. The van der Waals surface area contributed by atoms with Crippen LogP contribution in [0.25, 0.3) is 21.5 Å². The molecular formula is C42H43ClN2O3S. The molecule has 4 aromatic carbocycles. The van der Waals surface area contributed by atoms with Crippen LogP contribution in [0, 0.1) is 0 Å². The standard InChI is InChI=1S/C42H43ClN2O3S/c1-27(49(46,47)48)25-26-45-35-22-18-29-12-7-9-16-33(29)39(35)42(4,5)37(45)24-20-31-14-10-13-30(40(31)43)19-23-36-41(2,3)38-32-15-8-6-11-28(32)17-21-34(38)44-36/h6-9,11-12,15-24,27H,10,13-14,25-26H2,1-5H3,(H,46,47,48). The van der Waals surface area contributed by atoms with Gasteiger partial charge in [0.1, 0.15) is 0 Å². The van der Waals surface area contributed by atoms with Crippen LogP contribution in [0.1, 0.15) is 71.4 Å². The highest BCUT2D eigenvalue weighted by Crippen LogP contribution is 2.51. The smallest absolute Gasteiger partial charge is 0.267 e. The molecule has 2 aliphatic heterocycles. The van der Waals surface area contributed by atoms with Gasteiger partial charge in [0.05, 0.1) is 16.6 Å². The molecule has 0 spiro atoms. The van der Waals surface area contributed by atoms with E-state index in [0.29, 0.717) is 13.0 Å². The maximum Gasteiger partial charge on any atom is 0.267 e. The molecule has 0 radical (unpaired) electrons. The molecule has 49 heavy (non-hydrogen) atoms. The van der Waals surface area contributed by atoms with Gasteiger partial charge in [0.25, 0.3) is 10.1 Å². The normalized spacial score (nSPS) is 20.9. The SMILES string of the molecule is CC(CCN1C(=CC=C2CCCC(C=CC3=Nc4ccc5ccccc5c4C3(C)C)=C2Cl)C(C)(C)c2c1ccc1ccccc21)S(=O)(=O)O. The molecule has 2 heterocycles. The van der Waals surface area contributed by atoms with E-state index in [9.17, 15) is 13.0 Å². The quantitative estimate of drug-likeness (QED) is 0.196. The zero-order chi connectivity index (χ0) is 34.7. The van der Waals surface area contributed by atoms with Crippen molar-refractivity contribution in [2.45, 2.75) is 76.4 Å². The van der Waals surface area contributed by atoms with Crippen LogP contribution in [-0.2, 0) is 20.9 Å². The first-order valence-electron chi connectivity index (χ1n) is 17.1. The summed E-state index contributed by atoms with van der Waals surface area (Å²) in [6.07, 6.45) is 11.7. The molecule has 252 valence electrons. The number of anilines is 1. The van der Waals surface area contributed by atoms with Gasteiger partial charge in [0, 0.05) is 33.8 Å². The second-order valence-electron chi connectivity index (χ2n) is 14.6. The van der Waals surface area contributed by atoms with Crippen LogP contribution in [0.4, 0.5) is 11.4 Å². The minimum Gasteiger partial charge on any atom is -0.344 e. The molecule has 1 unspecified atom stereocenters. The molecule has 7 rings (SSSR count). The van der Waals surface area contributed by atoms with E-state index in [2.05, 4.69) is 124 Å². The summed E-state index contributed by atoms with van der Waals surface area (Å²) in [5, 5.41) is 4.74. The van der Waals surface area contributed by atoms with Gasteiger partial charge in [0.2, 0.25) is 0 Å². The average molecular weight is 691 g/mol. The number of halogens is 1. The van der Waals surface area contributed by atoms with Gasteiger partial charge < -0.3 is 4.90 Å². The second kappa shape index (κ2) is 12.4. The third-order valence-corrected chi connectivity index (χ3v) is 12.5. The van der Waals surface area contributed by atoms with Gasteiger partial charge in [-0.2, -0.15) is 8.42 Å². The van der Waals surface area contributed by atoms with Crippen LogP contribution in [0.2, 0.25) is 0 Å². The van der Waals surface area contributed by atoms with Gasteiger partial charge in [-0.1, -0.05) is 112 Å². The fourth-order valence-corrected chi connectivity index (χ4v) is 8.67. The van der Waals surface area contributed by atoms with Crippen molar-refractivity contribution < 1.29 is 13.0 Å². The van der Waals surface area contributed by atoms with Crippen molar-refractivity contribution >= 4 is 60.4 Å². The van der Waals surface area contributed by atoms with Crippen LogP contribution in [0.15, 0.2) is 124 Å². The zero-order valence-electron chi connectivity index (χ0n) is 28.8. The molecule has 7 heteroatoms. The summed E-state index contributed by atoms with van der Waals surface area (Å²) in [6, 6.07) is 25.4. The number of allylic oxidation sites excluding steroid dienone is 8. The van der Waals surface area contributed by atoms with E-state index in [1.807, 2.05) is 6.07 Å². The molecule has 1 atom stereocenters. The fourth-order valence-electron chi connectivity index (χ4n) is 7.96. The maximum atomic E-state index is 11.9. The summed E-state index contributed by atoms with van der Waals surface area (Å²) in [5.74, 6) is 0. The first-order chi connectivity index (χ1) is 23.3. The van der Waals surface area contributed by atoms with Crippen molar-refractivity contribution in [3.05, 3.63) is 130 Å². The van der Waals surface area contributed by atoms with Crippen molar-refractivity contribution in [2.24, 2.45) is 4.99 Å². The number of nitrogens with zero attached hydrogens (tertiary/aromatic N) is 2. The first kappa shape index (κ1) is 33.5. The minimum atomic E-state index is -4.14. The molecule has 0 aromatic heterocycles. The van der Waals surface area contributed by atoms with E-state index < -0.39 is 15.4 Å². The summed E-state index contributed by atoms with van der Waals surface area (Å²) >= 11 is 7.17. The van der Waals surface area contributed by atoms with Gasteiger partial charge in [-0.25, -0.2) is 0 Å². The zero-order valence-corrected chi connectivity index (χ0v) is 30.4. The van der Waals surface area contributed by atoms with Crippen molar-refractivity contribution in [2.75, 3.05) is 11.4 Å². The van der Waals surface area contributed by atoms with Gasteiger partial charge in [0.15, 0.2) is 0 Å². The molecule has 0 bridgehead atoms. The molecular weight excluding hydrogens is 648 g/mol. The Morgan fingerprint density at radius 1 is 0.857 bits per heavy atom. The lowest BCUT2D eigenvalue weighted by Gasteiger charge is -2.28. The molecule has 3 aliphatic rings. The van der Waals surface area contributed by atoms with E-state index in [-0.39, 0.29) is 10.8 Å². The van der Waals surface area contributed by atoms with Crippen LogP contribution in [-0.4, -0.2) is 30.5 Å². The Balaban J connectivity index is 1.23. The highest BCUT2D eigenvalue weighted by molar-refractivity contribution is 7.86. The summed E-state index contributed by atoms with van der Waals surface area (Å²) in [6.45, 7) is 11.0. The number of rotatable bonds is 7. The highest BCUT2D eigenvalue weighted by Gasteiger charge is 2.41. The van der Waals surface area contributed by atoms with Crippen molar-refractivity contribution in [3.63, 3.8) is 0 Å². The predicted octanol–water partition coefficient (Wildman–Crippen LogP) is 10.9. The number of aliphatic imine (C=N–C) groups is 1. The highest BCUT2D eigenvalue weighted by atomic mass is 35.5. The monoisotopic (exact) mass is 690 g/mol. The summed E-state index contributed by atoms with van der Waals surface area (Å²) in [7, 11) is -4.14. The van der Waals surface area contributed by atoms with Crippen molar-refractivity contribution in [1.82, 2.24) is 0 Å². The van der Waals surface area contributed by atoms with Crippen molar-refractivity contribution in [3.8, 4) is 0 Å². The van der Waals surface area contributed by atoms with Gasteiger partial charge >= 0.3 is 0 Å². The lowest BCUT2D eigenvalue weighted by Crippen LogP contribution is -2.30. The fraction of sp³-hybridized carbons (Fsp3) is 0.310. The Morgan fingerprint density at radius 3 is 2.20 bits per heavy atom. The molecule has 1 N–H and O–H groups in total. The molecule has 0 fully saturated rings. The number of benzene rings is 4. The molecule has 0 saturated carbocycles. The third kappa shape index (κ3) is 5.88. The molecule has 0 amide bonds. The van der Waals surface area contributed by atoms with Crippen LogP contribution >= 0.6 is 11.6 Å². The predicted molar refractivity (Wildman–Crippen MR) is 206 cm³/mol. The largest absolute Gasteiger partial charge is 0.344 e. The third-order valence-electron chi connectivity index (χ3n) is 10.8. The van der Waals surface area contributed by atoms with E-state index in [4.69, 9.17) is 16.6 Å². The average Bonchev–Trinajstić information content (AvgIpc) is 3.46. The maximum absolute atomic E-state index is 11.9. The van der Waals surface area contributed by atoms with Gasteiger partial charge in [-0.15, -0.1) is 0 Å². The van der Waals surface area contributed by atoms with E-state index in [0.717, 1.165) is 58.2 Å². The Bertz CT molecular complexity index is 2270. The number of fused-ring (bicyclic) bond motifs is 6. The van der Waals surface area contributed by atoms with E-state index in [1.54, 1.807) is 6.92 Å². The number of hydrogen-bond donors (Lipinski definition) is 1. The molecule has 0 saturated heterocycles.